The smallest absolute Gasteiger partial charge is 0.321 e. The maximum Gasteiger partial charge on any atom is 0.321 e. The highest BCUT2D eigenvalue weighted by Crippen LogP contribution is 2.43. The highest BCUT2D eigenvalue weighted by atomic mass is 16.5. The number of benzene rings is 2. The van der Waals surface area contributed by atoms with Gasteiger partial charge in [0.25, 0.3) is 0 Å². The lowest BCUT2D eigenvalue weighted by Gasteiger charge is -2.20. The van der Waals surface area contributed by atoms with Gasteiger partial charge in [-0.05, 0) is 72.4 Å². The normalized spacial score (nSPS) is 11.8. The molecule has 40 heavy (non-hydrogen) atoms. The molecule has 4 rings (SSSR count). The Morgan fingerprint density at radius 1 is 1.00 bits per heavy atom. The van der Waals surface area contributed by atoms with E-state index in [-0.39, 0.29) is 29.9 Å². The lowest BCUT2D eigenvalue weighted by Crippen LogP contribution is -2.26. The maximum absolute atomic E-state index is 13.1. The Hall–Kier alpha value is -4.40. The zero-order valence-corrected chi connectivity index (χ0v) is 23.5. The first kappa shape index (κ1) is 28.6. The molecule has 9 nitrogen and oxygen atoms in total. The molecule has 0 aliphatic rings. The van der Waals surface area contributed by atoms with Crippen molar-refractivity contribution in [2.75, 3.05) is 14.1 Å². The van der Waals surface area contributed by atoms with Crippen molar-refractivity contribution in [2.45, 2.75) is 58.4 Å². The largest absolute Gasteiger partial charge is 0.424 e. The second-order valence-corrected chi connectivity index (χ2v) is 10.1. The molecule has 2 aromatic carbocycles. The number of hydrogen-bond donors (Lipinski definition) is 0. The number of amides is 2. The summed E-state index contributed by atoms with van der Waals surface area (Å²) < 4.78 is 7.78. The molecule has 9 heteroatoms. The van der Waals surface area contributed by atoms with Gasteiger partial charge in [0.15, 0.2) is 0 Å². The van der Waals surface area contributed by atoms with Gasteiger partial charge >= 0.3 is 11.9 Å². The second kappa shape index (κ2) is 13.1. The van der Waals surface area contributed by atoms with Crippen molar-refractivity contribution in [1.82, 2.24) is 19.4 Å². The predicted molar refractivity (Wildman–Crippen MR) is 155 cm³/mol. The number of aromatic nitrogens is 3. The van der Waals surface area contributed by atoms with Crippen LogP contribution in [0, 0.1) is 4.91 Å². The third-order valence-corrected chi connectivity index (χ3v) is 7.06. The standard InChI is InChI=1S/C31H35N5O4/c1-5-7-10-21(9-6-2)28-25-16-13-23(30(38)34-39)19-26(25)36(20-27(37)35(3)4)29(28)22-11-14-24(15-12-22)40-31-32-17-8-18-33-31/h8,11-19,21H,5-7,9-10,20H2,1-4H3. The van der Waals surface area contributed by atoms with Crippen LogP contribution in [0.25, 0.3) is 22.2 Å². The number of nitrogens with zero attached hydrogens (tertiary/aromatic N) is 5. The Morgan fingerprint density at radius 2 is 1.73 bits per heavy atom. The van der Waals surface area contributed by atoms with Crippen LogP contribution in [-0.4, -0.2) is 45.3 Å². The summed E-state index contributed by atoms with van der Waals surface area (Å²) in [4.78, 5) is 46.2. The van der Waals surface area contributed by atoms with Crippen molar-refractivity contribution in [3.63, 3.8) is 0 Å². The zero-order valence-electron chi connectivity index (χ0n) is 23.5. The van der Waals surface area contributed by atoms with E-state index < -0.39 is 5.91 Å². The molecule has 0 saturated heterocycles. The summed E-state index contributed by atoms with van der Waals surface area (Å²) in [5.74, 6) is -0.0868. The molecule has 0 aliphatic heterocycles. The first-order valence-electron chi connectivity index (χ1n) is 13.7. The van der Waals surface area contributed by atoms with E-state index in [1.54, 1.807) is 49.6 Å². The number of rotatable bonds is 12. The van der Waals surface area contributed by atoms with Crippen LogP contribution >= 0.6 is 0 Å². The first-order chi connectivity index (χ1) is 19.4. The van der Waals surface area contributed by atoms with Crippen LogP contribution in [0.4, 0.5) is 0 Å². The average Bonchev–Trinajstić information content (AvgIpc) is 3.28. The van der Waals surface area contributed by atoms with E-state index in [1.807, 2.05) is 34.9 Å². The number of unbranched alkanes of at least 4 members (excludes halogenated alkanes) is 1. The van der Waals surface area contributed by atoms with Crippen molar-refractivity contribution >= 4 is 22.7 Å². The highest BCUT2D eigenvalue weighted by Gasteiger charge is 2.27. The third kappa shape index (κ3) is 6.25. The molecular weight excluding hydrogens is 506 g/mol. The number of carbonyl (C=O) groups excluding carboxylic acids is 2. The van der Waals surface area contributed by atoms with E-state index in [4.69, 9.17) is 4.74 Å². The number of carbonyl (C=O) groups is 2. The summed E-state index contributed by atoms with van der Waals surface area (Å²) in [5, 5.41) is 3.59. The molecule has 0 aliphatic carbocycles. The summed E-state index contributed by atoms with van der Waals surface area (Å²) in [6.45, 7) is 4.44. The minimum Gasteiger partial charge on any atom is -0.424 e. The lowest BCUT2D eigenvalue weighted by atomic mass is 9.86. The van der Waals surface area contributed by atoms with E-state index in [2.05, 4.69) is 29.0 Å². The quantitative estimate of drug-likeness (QED) is 0.180. The van der Waals surface area contributed by atoms with Gasteiger partial charge in [0.1, 0.15) is 12.3 Å². The first-order valence-corrected chi connectivity index (χ1v) is 13.7. The number of fused-ring (bicyclic) bond motifs is 1. The van der Waals surface area contributed by atoms with Crippen LogP contribution in [0.15, 0.2) is 66.1 Å². The summed E-state index contributed by atoms with van der Waals surface area (Å²) in [6, 6.07) is 14.9. The van der Waals surface area contributed by atoms with E-state index in [9.17, 15) is 14.5 Å². The molecule has 2 aromatic heterocycles. The minimum atomic E-state index is -0.836. The fourth-order valence-corrected chi connectivity index (χ4v) is 5.08. The number of likely N-dealkylation sites (N-methyl/N-ethyl adjacent to an activating group) is 1. The van der Waals surface area contributed by atoms with E-state index in [1.165, 1.54) is 0 Å². The van der Waals surface area contributed by atoms with Gasteiger partial charge in [0.2, 0.25) is 5.91 Å². The Labute approximate surface area is 234 Å². The predicted octanol–water partition coefficient (Wildman–Crippen LogP) is 6.96. The number of hydrogen-bond acceptors (Lipinski definition) is 6. The Balaban J connectivity index is 1.95. The fraction of sp³-hybridized carbons (Fsp3) is 0.355. The Kier molecular flexibility index (Phi) is 9.37. The minimum absolute atomic E-state index is 0.0771. The molecule has 4 aromatic rings. The molecule has 0 radical (unpaired) electrons. The molecular formula is C31H35N5O4. The van der Waals surface area contributed by atoms with Crippen LogP contribution in [-0.2, 0) is 11.3 Å². The van der Waals surface area contributed by atoms with Gasteiger partial charge in [-0.2, -0.15) is 0 Å². The topological polar surface area (TPSA) is 107 Å². The van der Waals surface area contributed by atoms with Crippen LogP contribution in [0.1, 0.15) is 67.8 Å². The zero-order chi connectivity index (χ0) is 28.6. The van der Waals surface area contributed by atoms with Crippen molar-refractivity contribution in [2.24, 2.45) is 5.18 Å². The van der Waals surface area contributed by atoms with Crippen molar-refractivity contribution < 1.29 is 14.3 Å². The molecule has 0 spiro atoms. The lowest BCUT2D eigenvalue weighted by molar-refractivity contribution is -0.129. The van der Waals surface area contributed by atoms with Gasteiger partial charge in [-0.1, -0.05) is 39.2 Å². The molecule has 208 valence electrons. The molecule has 2 amide bonds. The molecule has 1 unspecified atom stereocenters. The summed E-state index contributed by atoms with van der Waals surface area (Å²) >= 11 is 0. The molecule has 0 bridgehead atoms. The van der Waals surface area contributed by atoms with E-state index in [0.29, 0.717) is 5.75 Å². The summed E-state index contributed by atoms with van der Waals surface area (Å²) in [6.07, 6.45) is 8.37. The fourth-order valence-electron chi connectivity index (χ4n) is 5.08. The molecule has 2 heterocycles. The highest BCUT2D eigenvalue weighted by molar-refractivity contribution is 6.01. The van der Waals surface area contributed by atoms with Crippen LogP contribution in [0.5, 0.6) is 11.8 Å². The van der Waals surface area contributed by atoms with E-state index >= 15 is 0 Å². The summed E-state index contributed by atoms with van der Waals surface area (Å²) in [5.41, 5.74) is 3.91. The van der Waals surface area contributed by atoms with Gasteiger partial charge in [0.05, 0.1) is 11.2 Å². The van der Waals surface area contributed by atoms with Crippen molar-refractivity contribution in [1.29, 1.82) is 0 Å². The van der Waals surface area contributed by atoms with Gasteiger partial charge in [-0.15, -0.1) is 4.91 Å². The molecule has 0 N–H and O–H groups in total. The summed E-state index contributed by atoms with van der Waals surface area (Å²) in [7, 11) is 3.44. The van der Waals surface area contributed by atoms with Gasteiger partial charge in [0, 0.05) is 42.6 Å². The van der Waals surface area contributed by atoms with Crippen molar-refractivity contribution in [3.05, 3.63) is 77.0 Å². The van der Waals surface area contributed by atoms with Gasteiger partial charge in [-0.3, -0.25) is 9.59 Å². The molecule has 1 atom stereocenters. The van der Waals surface area contributed by atoms with Crippen molar-refractivity contribution in [3.8, 4) is 23.0 Å². The van der Waals surface area contributed by atoms with Crippen LogP contribution < -0.4 is 4.74 Å². The van der Waals surface area contributed by atoms with Gasteiger partial charge < -0.3 is 14.2 Å². The average molecular weight is 542 g/mol. The Morgan fingerprint density at radius 3 is 2.35 bits per heavy atom. The SMILES string of the molecule is CCCCC(CCC)c1c(-c2ccc(Oc3ncccn3)cc2)n(CC(=O)N(C)C)c2cc(C(=O)N=O)ccc12. The number of nitroso groups, excluding NO2 is 1. The molecule has 0 fully saturated rings. The number of ether oxygens (including phenoxy) is 1. The maximum atomic E-state index is 13.1. The molecule has 0 saturated carbocycles. The van der Waals surface area contributed by atoms with Crippen LogP contribution in [0.3, 0.4) is 0 Å². The third-order valence-electron chi connectivity index (χ3n) is 7.06. The van der Waals surface area contributed by atoms with E-state index in [0.717, 1.165) is 59.8 Å². The van der Waals surface area contributed by atoms with Gasteiger partial charge in [-0.25, -0.2) is 9.97 Å². The second-order valence-electron chi connectivity index (χ2n) is 10.1. The van der Waals surface area contributed by atoms with Crippen LogP contribution in [0.2, 0.25) is 0 Å². The monoisotopic (exact) mass is 541 g/mol. The Bertz CT molecular complexity index is 1480.